The van der Waals surface area contributed by atoms with Crippen LogP contribution in [0.15, 0.2) is 24.4 Å². The summed E-state index contributed by atoms with van der Waals surface area (Å²) in [6.45, 7) is 7.68. The van der Waals surface area contributed by atoms with Crippen LogP contribution in [0.5, 0.6) is 0 Å². The van der Waals surface area contributed by atoms with Gasteiger partial charge in [-0.1, -0.05) is 0 Å². The van der Waals surface area contributed by atoms with Gasteiger partial charge in [-0.25, -0.2) is 15.0 Å². The molecule has 1 aromatic heterocycles. The Balaban J connectivity index is 0.00000102. The van der Waals surface area contributed by atoms with Crippen molar-refractivity contribution in [1.82, 2.24) is 4.98 Å². The second-order valence-corrected chi connectivity index (χ2v) is 7.30. The van der Waals surface area contributed by atoms with Crippen molar-refractivity contribution in [3.05, 3.63) is 24.4 Å². The number of anilines is 3. The van der Waals surface area contributed by atoms with Crippen molar-refractivity contribution in [2.75, 3.05) is 22.5 Å². The summed E-state index contributed by atoms with van der Waals surface area (Å²) < 4.78 is 5.35. The SMILES string of the molecule is C#N.CC1(C)CN(c2cc(N)c3cnc(NC(=O)C4CC4)cc3c2)C(=O)O1. The van der Waals surface area contributed by atoms with E-state index >= 15 is 0 Å². The average Bonchev–Trinajstić information content (AvgIpc) is 3.42. The van der Waals surface area contributed by atoms with E-state index in [1.54, 1.807) is 23.2 Å². The minimum absolute atomic E-state index is 0.000784. The molecule has 1 aliphatic heterocycles. The molecule has 2 aromatic rings. The number of benzene rings is 1. The molecular formula is C19H21N5O3. The largest absolute Gasteiger partial charge is 0.441 e. The highest BCUT2D eigenvalue weighted by Crippen LogP contribution is 2.34. The molecule has 0 atom stereocenters. The Hall–Kier alpha value is -3.34. The number of nitrogen functional groups attached to an aromatic ring is 1. The highest BCUT2D eigenvalue weighted by Gasteiger charge is 2.38. The number of nitrogens with zero attached hydrogens (tertiary/aromatic N) is 3. The zero-order valence-electron chi connectivity index (χ0n) is 15.2. The number of rotatable bonds is 3. The first-order valence-corrected chi connectivity index (χ1v) is 8.59. The second-order valence-electron chi connectivity index (χ2n) is 7.30. The fourth-order valence-electron chi connectivity index (χ4n) is 3.03. The van der Waals surface area contributed by atoms with Crippen LogP contribution in [0.4, 0.5) is 22.0 Å². The Kier molecular flexibility index (Phi) is 4.62. The lowest BCUT2D eigenvalue weighted by molar-refractivity contribution is -0.117. The number of carbonyl (C=O) groups is 2. The zero-order chi connectivity index (χ0) is 19.8. The van der Waals surface area contributed by atoms with E-state index in [4.69, 9.17) is 15.7 Å². The minimum atomic E-state index is -0.539. The lowest BCUT2D eigenvalue weighted by Gasteiger charge is -2.17. The average molecular weight is 367 g/mol. The lowest BCUT2D eigenvalue weighted by atomic mass is 10.1. The third-order valence-electron chi connectivity index (χ3n) is 4.49. The maximum Gasteiger partial charge on any atom is 0.415 e. The van der Waals surface area contributed by atoms with Gasteiger partial charge in [0.2, 0.25) is 5.91 Å². The summed E-state index contributed by atoms with van der Waals surface area (Å²) in [4.78, 5) is 29.9. The molecule has 27 heavy (non-hydrogen) atoms. The van der Waals surface area contributed by atoms with E-state index in [1.165, 1.54) is 0 Å². The highest BCUT2D eigenvalue weighted by molar-refractivity contribution is 6.01. The summed E-state index contributed by atoms with van der Waals surface area (Å²) in [5.41, 5.74) is 6.80. The van der Waals surface area contributed by atoms with Crippen LogP contribution < -0.4 is 16.0 Å². The first-order valence-electron chi connectivity index (χ1n) is 8.59. The predicted octanol–water partition coefficient (Wildman–Crippen LogP) is 3.04. The molecule has 1 saturated heterocycles. The van der Waals surface area contributed by atoms with Gasteiger partial charge in [-0.2, -0.15) is 0 Å². The lowest BCUT2D eigenvalue weighted by Crippen LogP contribution is -2.28. The molecule has 3 N–H and O–H groups in total. The van der Waals surface area contributed by atoms with Crippen molar-refractivity contribution in [1.29, 1.82) is 5.26 Å². The van der Waals surface area contributed by atoms with Gasteiger partial charge in [-0.3, -0.25) is 9.69 Å². The van der Waals surface area contributed by atoms with E-state index in [-0.39, 0.29) is 17.9 Å². The van der Waals surface area contributed by atoms with Crippen LogP contribution in [-0.2, 0) is 9.53 Å². The number of ether oxygens (including phenoxy) is 1. The van der Waals surface area contributed by atoms with E-state index in [0.717, 1.165) is 23.6 Å². The van der Waals surface area contributed by atoms with Gasteiger partial charge >= 0.3 is 6.09 Å². The fourth-order valence-corrected chi connectivity index (χ4v) is 3.03. The van der Waals surface area contributed by atoms with Crippen LogP contribution in [0.1, 0.15) is 26.7 Å². The molecule has 0 spiro atoms. The standard InChI is InChI=1S/C18H20N4O3.CHN/c1-18(2)9-22(17(24)25-18)12-5-11-6-15(21-16(23)10-3-4-10)20-8-13(11)14(19)7-12;1-2/h5-8,10H,3-4,9,19H2,1-2H3,(H,20,21,23);1H. The van der Waals surface area contributed by atoms with Crippen LogP contribution in [0.2, 0.25) is 0 Å². The van der Waals surface area contributed by atoms with Crippen molar-refractivity contribution in [2.45, 2.75) is 32.3 Å². The number of nitriles is 1. The van der Waals surface area contributed by atoms with Crippen molar-refractivity contribution < 1.29 is 14.3 Å². The van der Waals surface area contributed by atoms with Crippen molar-refractivity contribution in [2.24, 2.45) is 5.92 Å². The first kappa shape index (κ1) is 18.5. The number of amides is 2. The van der Waals surface area contributed by atoms with E-state index in [2.05, 4.69) is 16.9 Å². The van der Waals surface area contributed by atoms with Crippen molar-refractivity contribution in [3.63, 3.8) is 0 Å². The van der Waals surface area contributed by atoms with E-state index in [9.17, 15) is 9.59 Å². The van der Waals surface area contributed by atoms with Gasteiger partial charge in [0.25, 0.3) is 0 Å². The molecule has 0 radical (unpaired) electrons. The molecular weight excluding hydrogens is 346 g/mol. The second kappa shape index (κ2) is 6.76. The Morgan fingerprint density at radius 3 is 2.67 bits per heavy atom. The van der Waals surface area contributed by atoms with Gasteiger partial charge in [0, 0.05) is 35.4 Å². The Morgan fingerprint density at radius 2 is 2.07 bits per heavy atom. The summed E-state index contributed by atoms with van der Waals surface area (Å²) in [5.74, 6) is 0.599. The van der Waals surface area contributed by atoms with Gasteiger partial charge in [-0.15, -0.1) is 0 Å². The number of hydrogen-bond donors (Lipinski definition) is 2. The quantitative estimate of drug-likeness (QED) is 0.804. The third-order valence-corrected chi connectivity index (χ3v) is 4.49. The van der Waals surface area contributed by atoms with Crippen LogP contribution in [0, 0.1) is 17.8 Å². The van der Waals surface area contributed by atoms with E-state index < -0.39 is 5.60 Å². The third kappa shape index (κ3) is 3.77. The molecule has 1 aromatic carbocycles. The maximum absolute atomic E-state index is 12.1. The summed E-state index contributed by atoms with van der Waals surface area (Å²) >= 11 is 0. The number of fused-ring (bicyclic) bond motifs is 1. The normalized spacial score (nSPS) is 17.8. The number of carbonyl (C=O) groups excluding carboxylic acids is 2. The first-order chi connectivity index (χ1) is 12.8. The van der Waals surface area contributed by atoms with Gasteiger partial charge in [-0.05, 0) is 50.3 Å². The van der Waals surface area contributed by atoms with Crippen LogP contribution in [0.3, 0.4) is 0 Å². The Labute approximate surface area is 156 Å². The minimum Gasteiger partial charge on any atom is -0.441 e. The van der Waals surface area contributed by atoms with Gasteiger partial charge in [0.15, 0.2) is 0 Å². The number of aromatic nitrogens is 1. The van der Waals surface area contributed by atoms with Crippen molar-refractivity contribution in [3.8, 4) is 6.57 Å². The number of nitrogens with two attached hydrogens (primary N) is 1. The topological polar surface area (TPSA) is 121 Å². The molecule has 2 aliphatic rings. The molecule has 8 heteroatoms. The molecule has 140 valence electrons. The van der Waals surface area contributed by atoms with Crippen LogP contribution in [0.25, 0.3) is 10.8 Å². The van der Waals surface area contributed by atoms with Gasteiger partial charge < -0.3 is 15.8 Å². The molecule has 4 rings (SSSR count). The Morgan fingerprint density at radius 1 is 1.37 bits per heavy atom. The van der Waals surface area contributed by atoms with Crippen LogP contribution >= 0.6 is 0 Å². The van der Waals surface area contributed by atoms with Crippen LogP contribution in [-0.4, -0.2) is 29.1 Å². The molecule has 1 saturated carbocycles. The molecule has 8 nitrogen and oxygen atoms in total. The summed E-state index contributed by atoms with van der Waals surface area (Å²) in [6.07, 6.45) is 3.12. The summed E-state index contributed by atoms with van der Waals surface area (Å²) in [6, 6.07) is 5.39. The molecule has 0 bridgehead atoms. The number of nitrogens with one attached hydrogen (secondary N) is 1. The number of pyridine rings is 1. The summed E-state index contributed by atoms with van der Waals surface area (Å²) in [5, 5.41) is 10.9. The smallest absolute Gasteiger partial charge is 0.415 e. The number of hydrogen-bond acceptors (Lipinski definition) is 6. The van der Waals surface area contributed by atoms with Gasteiger partial charge in [0.1, 0.15) is 11.4 Å². The van der Waals surface area contributed by atoms with Gasteiger partial charge in [0.05, 0.1) is 6.54 Å². The zero-order valence-corrected chi connectivity index (χ0v) is 15.2. The maximum atomic E-state index is 12.1. The molecule has 2 fully saturated rings. The van der Waals surface area contributed by atoms with Crippen molar-refractivity contribution >= 4 is 40.0 Å². The molecule has 2 amide bonds. The van der Waals surface area contributed by atoms with E-state index in [0.29, 0.717) is 23.7 Å². The molecule has 1 aliphatic carbocycles. The fraction of sp³-hybridized carbons (Fsp3) is 0.368. The monoisotopic (exact) mass is 367 g/mol. The summed E-state index contributed by atoms with van der Waals surface area (Å²) in [7, 11) is 0. The Bertz CT molecular complexity index is 934. The highest BCUT2D eigenvalue weighted by atomic mass is 16.6. The number of cyclic esters (lactones) is 1. The molecule has 2 heterocycles. The molecule has 0 unspecified atom stereocenters. The predicted molar refractivity (Wildman–Crippen MR) is 102 cm³/mol. The van der Waals surface area contributed by atoms with E-state index in [1.807, 2.05) is 19.9 Å².